The van der Waals surface area contributed by atoms with Crippen molar-refractivity contribution in [3.8, 4) is 5.75 Å². The number of likely N-dealkylation sites (tertiary alicyclic amines) is 1. The molecule has 5 rings (SSSR count). The molecule has 3 aromatic rings. The molecule has 2 aliphatic rings. The molecule has 0 spiro atoms. The van der Waals surface area contributed by atoms with E-state index >= 15 is 0 Å². The van der Waals surface area contributed by atoms with Gasteiger partial charge in [0.25, 0.3) is 0 Å². The number of nitrogens with zero attached hydrogens (tertiary/aromatic N) is 2. The third kappa shape index (κ3) is 5.42. The number of hydrogen-bond acceptors (Lipinski definition) is 5. The van der Waals surface area contributed by atoms with Crippen LogP contribution >= 0.6 is 41.0 Å². The number of phenols is 1. The Morgan fingerprint density at radius 1 is 1.24 bits per heavy atom. The lowest BCUT2D eigenvalue weighted by atomic mass is 9.99. The number of halogens is 5. The second-order valence-electron chi connectivity index (χ2n) is 9.67. The summed E-state index contributed by atoms with van der Waals surface area (Å²) in [6, 6.07) is 6.93. The summed E-state index contributed by atoms with van der Waals surface area (Å²) in [5, 5.41) is 10.9. The standard InChI is InChI=1S/C27H28BrF3N2O3S.ClH/c1-2-36-26(35)22-21-18(14-32-10-3-4-11-32)24(34)19(28)13-20(21)33(17-8-9-17)23(22)25(37)15-6-5-7-16(12-15)27(29,30)31;/h5-7,12-13,17,25,34,37H,2-4,8-11,14H2,1H3;1H. The summed E-state index contributed by atoms with van der Waals surface area (Å²) >= 11 is 8.30. The summed E-state index contributed by atoms with van der Waals surface area (Å²) in [6.07, 6.45) is -0.628. The van der Waals surface area contributed by atoms with Crippen molar-refractivity contribution >= 4 is 57.8 Å². The molecule has 1 unspecified atom stereocenters. The number of phenolic OH excluding ortho intramolecular Hbond substituents is 1. The molecule has 0 amide bonds. The highest BCUT2D eigenvalue weighted by molar-refractivity contribution is 9.10. The maximum absolute atomic E-state index is 13.5. The highest BCUT2D eigenvalue weighted by Crippen LogP contribution is 2.49. The molecule has 1 aliphatic carbocycles. The number of carbonyl (C=O) groups is 1. The van der Waals surface area contributed by atoms with E-state index in [1.54, 1.807) is 19.1 Å². The first kappa shape index (κ1) is 29.1. The van der Waals surface area contributed by atoms with Crippen molar-refractivity contribution in [3.05, 3.63) is 62.8 Å². The van der Waals surface area contributed by atoms with Crippen LogP contribution in [-0.2, 0) is 17.5 Å². The third-order valence-corrected chi connectivity index (χ3v) is 8.27. The number of rotatable bonds is 7. The number of ether oxygens (including phenoxy) is 1. The first-order valence-electron chi connectivity index (χ1n) is 12.4. The Kier molecular flexibility index (Phi) is 8.67. The van der Waals surface area contributed by atoms with Crippen LogP contribution in [0.25, 0.3) is 10.9 Å². The fourth-order valence-corrected chi connectivity index (χ4v) is 6.16. The van der Waals surface area contributed by atoms with Gasteiger partial charge in [-0.3, -0.25) is 4.90 Å². The SMILES string of the molecule is CCOC(=O)c1c(C(S)c2cccc(C(F)(F)F)c2)n(C2CC2)c2cc(Br)c(O)c(CN3CCCC3)c12.Cl. The lowest BCUT2D eigenvalue weighted by molar-refractivity contribution is -0.137. The second kappa shape index (κ2) is 11.3. The number of thiol groups is 1. The van der Waals surface area contributed by atoms with E-state index in [0.717, 1.165) is 56.4 Å². The van der Waals surface area contributed by atoms with Gasteiger partial charge < -0.3 is 14.4 Å². The van der Waals surface area contributed by atoms with Gasteiger partial charge in [0.15, 0.2) is 0 Å². The van der Waals surface area contributed by atoms with Gasteiger partial charge in [0, 0.05) is 23.5 Å². The van der Waals surface area contributed by atoms with Crippen molar-refractivity contribution in [2.24, 2.45) is 0 Å². The van der Waals surface area contributed by atoms with Crippen LogP contribution in [0.3, 0.4) is 0 Å². The molecule has 1 saturated heterocycles. The van der Waals surface area contributed by atoms with Crippen LogP contribution in [0.5, 0.6) is 5.75 Å². The van der Waals surface area contributed by atoms with Gasteiger partial charge in [-0.05, 0) is 79.3 Å². The zero-order chi connectivity index (χ0) is 26.5. The molecule has 2 heterocycles. The van der Waals surface area contributed by atoms with E-state index in [-0.39, 0.29) is 36.4 Å². The normalized spacial score (nSPS) is 17.0. The van der Waals surface area contributed by atoms with Crippen molar-refractivity contribution < 1.29 is 27.8 Å². The van der Waals surface area contributed by atoms with Gasteiger partial charge >= 0.3 is 12.1 Å². The lowest BCUT2D eigenvalue weighted by Gasteiger charge is -2.19. The van der Waals surface area contributed by atoms with E-state index in [0.29, 0.717) is 33.2 Å². The molecule has 5 nitrogen and oxygen atoms in total. The Morgan fingerprint density at radius 3 is 2.53 bits per heavy atom. The Balaban J connectivity index is 0.00000336. The van der Waals surface area contributed by atoms with Crippen molar-refractivity contribution in [1.29, 1.82) is 0 Å². The zero-order valence-electron chi connectivity index (χ0n) is 20.7. The minimum Gasteiger partial charge on any atom is -0.506 e. The molecule has 206 valence electrons. The Bertz CT molecular complexity index is 1350. The van der Waals surface area contributed by atoms with Crippen molar-refractivity contribution in [1.82, 2.24) is 9.47 Å². The quantitative estimate of drug-likeness (QED) is 0.207. The van der Waals surface area contributed by atoms with Gasteiger partial charge in [-0.15, -0.1) is 12.4 Å². The number of aromatic nitrogens is 1. The van der Waals surface area contributed by atoms with Gasteiger partial charge in [0.05, 0.1) is 38.7 Å². The van der Waals surface area contributed by atoms with Crippen molar-refractivity contribution in [2.75, 3.05) is 19.7 Å². The maximum Gasteiger partial charge on any atom is 0.416 e. The smallest absolute Gasteiger partial charge is 0.416 e. The van der Waals surface area contributed by atoms with Crippen LogP contribution in [0.1, 0.15) is 76.6 Å². The summed E-state index contributed by atoms with van der Waals surface area (Å²) in [7, 11) is 0. The lowest BCUT2D eigenvalue weighted by Crippen LogP contribution is -2.19. The first-order valence-corrected chi connectivity index (χ1v) is 13.8. The largest absolute Gasteiger partial charge is 0.506 e. The van der Waals surface area contributed by atoms with Crippen molar-refractivity contribution in [2.45, 2.75) is 56.6 Å². The van der Waals surface area contributed by atoms with E-state index < -0.39 is 23.0 Å². The number of esters is 1. The summed E-state index contributed by atoms with van der Waals surface area (Å²) in [5.41, 5.74) is 1.67. The Morgan fingerprint density at radius 2 is 1.92 bits per heavy atom. The summed E-state index contributed by atoms with van der Waals surface area (Å²) < 4.78 is 48.6. The molecule has 11 heteroatoms. The van der Waals surface area contributed by atoms with Crippen LogP contribution in [0.2, 0.25) is 0 Å². The van der Waals surface area contributed by atoms with Crippen LogP contribution in [0.4, 0.5) is 13.2 Å². The van der Waals surface area contributed by atoms with E-state index in [9.17, 15) is 23.1 Å². The minimum absolute atomic E-state index is 0. The average Bonchev–Trinajstić information content (AvgIpc) is 3.45. The molecule has 0 bridgehead atoms. The molecule has 1 N–H and O–H groups in total. The fraction of sp³-hybridized carbons (Fsp3) is 0.444. The number of alkyl halides is 3. The average molecular weight is 634 g/mol. The number of benzene rings is 2. The first-order chi connectivity index (χ1) is 17.6. The predicted molar refractivity (Wildman–Crippen MR) is 150 cm³/mol. The molecule has 0 radical (unpaired) electrons. The maximum atomic E-state index is 13.5. The van der Waals surface area contributed by atoms with E-state index in [1.807, 2.05) is 4.57 Å². The number of fused-ring (bicyclic) bond motifs is 1. The zero-order valence-corrected chi connectivity index (χ0v) is 24.0. The highest BCUT2D eigenvalue weighted by Gasteiger charge is 2.38. The Hall–Kier alpha value is -1.88. The van der Waals surface area contributed by atoms with Crippen LogP contribution in [0, 0.1) is 0 Å². The monoisotopic (exact) mass is 632 g/mol. The summed E-state index contributed by atoms with van der Waals surface area (Å²) in [5.74, 6) is -0.517. The van der Waals surface area contributed by atoms with E-state index in [4.69, 9.17) is 17.4 Å². The third-order valence-electron chi connectivity index (χ3n) is 7.12. The Labute approximate surface area is 239 Å². The van der Waals surface area contributed by atoms with Gasteiger partial charge in [-0.25, -0.2) is 4.79 Å². The number of carbonyl (C=O) groups excluding carboxylic acids is 1. The molecule has 1 saturated carbocycles. The number of aromatic hydroxyl groups is 1. The molecule has 1 atom stereocenters. The van der Waals surface area contributed by atoms with Crippen LogP contribution in [-0.4, -0.2) is 40.2 Å². The fourth-order valence-electron chi connectivity index (χ4n) is 5.29. The van der Waals surface area contributed by atoms with Gasteiger partial charge in [-0.1, -0.05) is 18.2 Å². The molecule has 1 aromatic heterocycles. The number of hydrogen-bond donors (Lipinski definition) is 2. The summed E-state index contributed by atoms with van der Waals surface area (Å²) in [4.78, 5) is 15.8. The molecule has 38 heavy (non-hydrogen) atoms. The molecule has 1 aliphatic heterocycles. The second-order valence-corrected chi connectivity index (χ2v) is 11.0. The van der Waals surface area contributed by atoms with Crippen molar-refractivity contribution in [3.63, 3.8) is 0 Å². The molecule has 2 fully saturated rings. The topological polar surface area (TPSA) is 54.7 Å². The minimum atomic E-state index is -4.50. The van der Waals surface area contributed by atoms with Gasteiger partial charge in [0.2, 0.25) is 0 Å². The van der Waals surface area contributed by atoms with E-state index in [2.05, 4.69) is 20.8 Å². The van der Waals surface area contributed by atoms with E-state index in [1.165, 1.54) is 6.07 Å². The highest BCUT2D eigenvalue weighted by atomic mass is 79.9. The molecular formula is C27H29BrClF3N2O3S. The van der Waals surface area contributed by atoms with Crippen LogP contribution in [0.15, 0.2) is 34.8 Å². The summed E-state index contributed by atoms with van der Waals surface area (Å²) in [6.45, 7) is 4.07. The molecule has 2 aromatic carbocycles. The van der Waals surface area contributed by atoms with Crippen LogP contribution < -0.4 is 0 Å². The van der Waals surface area contributed by atoms with Gasteiger partial charge in [-0.2, -0.15) is 25.8 Å². The van der Waals surface area contributed by atoms with Gasteiger partial charge in [0.1, 0.15) is 5.75 Å². The molecular weight excluding hydrogens is 605 g/mol. The predicted octanol–water partition coefficient (Wildman–Crippen LogP) is 7.68.